The van der Waals surface area contributed by atoms with Crippen LogP contribution >= 0.6 is 0 Å². The minimum atomic E-state index is -1.58. The van der Waals surface area contributed by atoms with Crippen LogP contribution in [0.3, 0.4) is 0 Å². The Morgan fingerprint density at radius 3 is 2.45 bits per heavy atom. The molecule has 0 aromatic heterocycles. The third-order valence-corrected chi connectivity index (χ3v) is 9.84. The minimum Gasteiger partial charge on any atom is -0.417 e. The molecule has 0 aliphatic heterocycles. The molecule has 0 radical (unpaired) electrons. The number of unbranched alkanes of at least 4 members (excludes halogenated alkanes) is 1. The molecule has 0 aromatic carbocycles. The van der Waals surface area contributed by atoms with E-state index in [4.69, 9.17) is 4.43 Å². The predicted molar refractivity (Wildman–Crippen MR) is 88.6 cm³/mol. The van der Waals surface area contributed by atoms with Gasteiger partial charge in [-0.1, -0.05) is 34.1 Å². The van der Waals surface area contributed by atoms with Crippen LogP contribution in [-0.2, 0) is 9.22 Å². The van der Waals surface area contributed by atoms with Gasteiger partial charge in [-0.15, -0.1) is 0 Å². The molecule has 0 amide bonds. The second-order valence-corrected chi connectivity index (χ2v) is 13.3. The minimum absolute atomic E-state index is 0.270. The lowest BCUT2D eigenvalue weighted by Gasteiger charge is -2.36. The maximum Gasteiger partial charge on any atom is 0.191 e. The lowest BCUT2D eigenvalue weighted by atomic mass is 9.72. The summed E-state index contributed by atoms with van der Waals surface area (Å²) < 4.78 is 6.21. The molecule has 0 heterocycles. The predicted octanol–water partition coefficient (Wildman–Crippen LogP) is 5.33. The first-order chi connectivity index (χ1) is 9.06. The molecule has 2 nitrogen and oxygen atoms in total. The van der Waals surface area contributed by atoms with Gasteiger partial charge in [0.1, 0.15) is 5.78 Å². The summed E-state index contributed by atoms with van der Waals surface area (Å²) in [6.45, 7) is 14.7. The fourth-order valence-corrected chi connectivity index (χ4v) is 3.86. The summed E-state index contributed by atoms with van der Waals surface area (Å²) in [6.07, 6.45) is 7.44. The smallest absolute Gasteiger partial charge is 0.191 e. The fraction of sp³-hybridized carbons (Fsp3) is 0.941. The van der Waals surface area contributed by atoms with Crippen molar-refractivity contribution in [3.63, 3.8) is 0 Å². The number of ketones is 1. The van der Waals surface area contributed by atoms with Crippen molar-refractivity contribution in [3.05, 3.63) is 0 Å². The lowest BCUT2D eigenvalue weighted by Crippen LogP contribution is -2.41. The van der Waals surface area contributed by atoms with E-state index in [-0.39, 0.29) is 5.41 Å². The SMILES string of the molecule is CC(C)(C)[Si](C)(C)OCCCC[C@@]1(C)CCCC(=O)C1. The number of carbonyl (C=O) groups is 1. The highest BCUT2D eigenvalue weighted by molar-refractivity contribution is 6.74. The highest BCUT2D eigenvalue weighted by Gasteiger charge is 2.37. The van der Waals surface area contributed by atoms with Crippen molar-refractivity contribution in [1.82, 2.24) is 0 Å². The largest absolute Gasteiger partial charge is 0.417 e. The van der Waals surface area contributed by atoms with Crippen LogP contribution in [0.1, 0.15) is 72.6 Å². The number of carbonyl (C=O) groups excluding carboxylic acids is 1. The average Bonchev–Trinajstić information content (AvgIpc) is 2.26. The molecule has 118 valence electrons. The molecular weight excluding hydrogens is 264 g/mol. The lowest BCUT2D eigenvalue weighted by molar-refractivity contribution is -0.123. The van der Waals surface area contributed by atoms with E-state index in [9.17, 15) is 4.79 Å². The highest BCUT2D eigenvalue weighted by Crippen LogP contribution is 2.39. The molecule has 1 fully saturated rings. The van der Waals surface area contributed by atoms with Gasteiger partial charge < -0.3 is 4.43 Å². The van der Waals surface area contributed by atoms with Gasteiger partial charge in [-0.2, -0.15) is 0 Å². The summed E-state index contributed by atoms with van der Waals surface area (Å²) in [6, 6.07) is 0. The molecule has 0 aromatic rings. The zero-order valence-corrected chi connectivity index (χ0v) is 15.5. The van der Waals surface area contributed by atoms with Crippen LogP contribution in [0.2, 0.25) is 18.1 Å². The Morgan fingerprint density at radius 2 is 1.90 bits per heavy atom. The summed E-state index contributed by atoms with van der Waals surface area (Å²) in [5.41, 5.74) is 0.270. The van der Waals surface area contributed by atoms with Gasteiger partial charge in [-0.05, 0) is 49.2 Å². The van der Waals surface area contributed by atoms with Crippen LogP contribution in [0.25, 0.3) is 0 Å². The Hall–Kier alpha value is -0.153. The van der Waals surface area contributed by atoms with Crippen LogP contribution in [0.5, 0.6) is 0 Å². The van der Waals surface area contributed by atoms with Gasteiger partial charge in [0.2, 0.25) is 0 Å². The second-order valence-electron chi connectivity index (χ2n) is 8.45. The van der Waals surface area contributed by atoms with E-state index in [1.165, 1.54) is 19.3 Å². The molecule has 0 N–H and O–H groups in total. The van der Waals surface area contributed by atoms with Crippen molar-refractivity contribution >= 4 is 14.1 Å². The molecule has 1 aliphatic carbocycles. The monoisotopic (exact) mass is 298 g/mol. The van der Waals surface area contributed by atoms with E-state index in [0.717, 1.165) is 32.3 Å². The van der Waals surface area contributed by atoms with Crippen LogP contribution in [-0.4, -0.2) is 20.7 Å². The molecule has 0 spiro atoms. The first-order valence-electron chi connectivity index (χ1n) is 8.21. The Morgan fingerprint density at radius 1 is 1.25 bits per heavy atom. The molecule has 20 heavy (non-hydrogen) atoms. The summed E-state index contributed by atoms with van der Waals surface area (Å²) >= 11 is 0. The van der Waals surface area contributed by atoms with Crippen molar-refractivity contribution in [3.8, 4) is 0 Å². The fourth-order valence-electron chi connectivity index (χ4n) is 2.78. The maximum absolute atomic E-state index is 11.6. The van der Waals surface area contributed by atoms with Crippen molar-refractivity contribution in [2.24, 2.45) is 5.41 Å². The van der Waals surface area contributed by atoms with Gasteiger partial charge in [-0.3, -0.25) is 4.79 Å². The summed E-state index contributed by atoms with van der Waals surface area (Å²) in [5, 5.41) is 0.300. The number of rotatable bonds is 6. The zero-order chi connectivity index (χ0) is 15.4. The van der Waals surface area contributed by atoms with Crippen molar-refractivity contribution in [2.45, 2.75) is 90.8 Å². The highest BCUT2D eigenvalue weighted by atomic mass is 28.4. The van der Waals surface area contributed by atoms with Crippen molar-refractivity contribution in [2.75, 3.05) is 6.61 Å². The van der Waals surface area contributed by atoms with E-state index >= 15 is 0 Å². The quantitative estimate of drug-likeness (QED) is 0.489. The maximum atomic E-state index is 11.6. The standard InChI is InChI=1S/C17H34O2Si/c1-16(2,3)20(5,6)19-13-8-7-11-17(4)12-9-10-15(18)14-17/h7-14H2,1-6H3/t17-/m0/s1. The van der Waals surface area contributed by atoms with Gasteiger partial charge in [0.05, 0.1) is 0 Å². The van der Waals surface area contributed by atoms with E-state index in [1.54, 1.807) is 0 Å². The van der Waals surface area contributed by atoms with Crippen LogP contribution in [0.15, 0.2) is 0 Å². The number of hydrogen-bond donors (Lipinski definition) is 0. The van der Waals surface area contributed by atoms with Gasteiger partial charge in [0.15, 0.2) is 8.32 Å². The van der Waals surface area contributed by atoms with E-state index in [2.05, 4.69) is 40.8 Å². The Bertz CT molecular complexity index is 330. The first kappa shape index (κ1) is 17.9. The molecule has 0 unspecified atom stereocenters. The summed E-state index contributed by atoms with van der Waals surface area (Å²) in [7, 11) is -1.58. The summed E-state index contributed by atoms with van der Waals surface area (Å²) in [4.78, 5) is 11.6. The summed E-state index contributed by atoms with van der Waals surface area (Å²) in [5.74, 6) is 0.469. The van der Waals surface area contributed by atoms with Gasteiger partial charge in [0.25, 0.3) is 0 Å². The number of hydrogen-bond acceptors (Lipinski definition) is 2. The van der Waals surface area contributed by atoms with Crippen LogP contribution in [0.4, 0.5) is 0 Å². The van der Waals surface area contributed by atoms with Crippen LogP contribution in [0, 0.1) is 5.41 Å². The molecule has 3 heteroatoms. The Labute approximate surface area is 126 Å². The van der Waals surface area contributed by atoms with Crippen molar-refractivity contribution in [1.29, 1.82) is 0 Å². The topological polar surface area (TPSA) is 26.3 Å². The number of Topliss-reactive ketones (excluding diaryl/α,β-unsaturated/α-hetero) is 1. The molecule has 0 saturated heterocycles. The second kappa shape index (κ2) is 6.74. The Balaban J connectivity index is 2.24. The molecule has 1 rings (SSSR count). The van der Waals surface area contributed by atoms with Gasteiger partial charge in [-0.25, -0.2) is 0 Å². The van der Waals surface area contributed by atoms with E-state index < -0.39 is 8.32 Å². The molecule has 0 bridgehead atoms. The normalized spacial score (nSPS) is 25.0. The third-order valence-electron chi connectivity index (χ3n) is 5.30. The molecule has 1 saturated carbocycles. The van der Waals surface area contributed by atoms with Crippen LogP contribution < -0.4 is 0 Å². The van der Waals surface area contributed by atoms with E-state index in [1.807, 2.05) is 0 Å². The zero-order valence-electron chi connectivity index (χ0n) is 14.5. The van der Waals surface area contributed by atoms with Gasteiger partial charge in [0, 0.05) is 19.4 Å². The van der Waals surface area contributed by atoms with Crippen molar-refractivity contribution < 1.29 is 9.22 Å². The first-order valence-corrected chi connectivity index (χ1v) is 11.1. The average molecular weight is 299 g/mol. The third kappa shape index (κ3) is 5.32. The van der Waals surface area contributed by atoms with E-state index in [0.29, 0.717) is 10.8 Å². The molecule has 1 aliphatic rings. The van der Waals surface area contributed by atoms with Gasteiger partial charge >= 0.3 is 0 Å². The molecular formula is C17H34O2Si. The Kier molecular flexibility index (Phi) is 6.03. The molecule has 1 atom stereocenters.